The van der Waals surface area contributed by atoms with Gasteiger partial charge < -0.3 is 19.5 Å². The van der Waals surface area contributed by atoms with Crippen molar-refractivity contribution >= 4 is 5.91 Å². The summed E-state index contributed by atoms with van der Waals surface area (Å²) in [6.07, 6.45) is -9.98. The van der Waals surface area contributed by atoms with Gasteiger partial charge in [0.05, 0.1) is 11.5 Å². The molecule has 1 amide bonds. The van der Waals surface area contributed by atoms with Crippen LogP contribution in [0.4, 0.5) is 17.6 Å². The Morgan fingerprint density at radius 3 is 2.52 bits per heavy atom. The Morgan fingerprint density at radius 2 is 1.82 bits per heavy atom. The van der Waals surface area contributed by atoms with Crippen molar-refractivity contribution in [2.45, 2.75) is 50.0 Å². The molecule has 0 bridgehead atoms. The molecule has 1 saturated heterocycles. The Kier molecular flexibility index (Phi) is 7.04. The van der Waals surface area contributed by atoms with Crippen molar-refractivity contribution in [1.29, 1.82) is 0 Å². The third-order valence-corrected chi connectivity index (χ3v) is 7.17. The van der Waals surface area contributed by atoms with Crippen molar-refractivity contribution in [3.63, 3.8) is 0 Å². The fraction of sp³-hybridized carbons (Fsp3) is 0.370. The van der Waals surface area contributed by atoms with Gasteiger partial charge in [-0.15, -0.1) is 0 Å². The fourth-order valence-electron chi connectivity index (χ4n) is 5.10. The summed E-state index contributed by atoms with van der Waals surface area (Å²) in [7, 11) is 1.35. The third-order valence-electron chi connectivity index (χ3n) is 7.17. The predicted molar refractivity (Wildman–Crippen MR) is 133 cm³/mol. The van der Waals surface area contributed by atoms with Gasteiger partial charge in [-0.05, 0) is 18.6 Å². The number of para-hydroxylation sites is 2. The molecular weight excluding hydrogens is 538 g/mol. The van der Waals surface area contributed by atoms with Crippen LogP contribution < -0.4 is 16.0 Å². The molecule has 3 aromatic rings. The van der Waals surface area contributed by atoms with Gasteiger partial charge in [0.2, 0.25) is 5.91 Å². The van der Waals surface area contributed by atoms with Crippen LogP contribution in [0.5, 0.6) is 11.5 Å². The second kappa shape index (κ2) is 10.2. The Balaban J connectivity index is 1.44. The lowest BCUT2D eigenvalue weighted by atomic mass is 9.85. The fourth-order valence-corrected chi connectivity index (χ4v) is 5.10. The molecule has 40 heavy (non-hydrogen) atoms. The third kappa shape index (κ3) is 4.68. The summed E-state index contributed by atoms with van der Waals surface area (Å²) in [5.41, 5.74) is -2.03. The van der Waals surface area contributed by atoms with Crippen molar-refractivity contribution in [3.05, 3.63) is 91.8 Å². The summed E-state index contributed by atoms with van der Waals surface area (Å²) in [4.78, 5) is 41.2. The number of halogens is 4. The molecule has 13 heteroatoms. The number of aryl methyl sites for hydroxylation is 1. The first kappa shape index (κ1) is 27.6. The Morgan fingerprint density at radius 1 is 1.12 bits per heavy atom. The number of rotatable bonds is 5. The summed E-state index contributed by atoms with van der Waals surface area (Å²) < 4.78 is 68.5. The molecule has 3 heterocycles. The van der Waals surface area contributed by atoms with E-state index < -0.39 is 65.2 Å². The van der Waals surface area contributed by atoms with Gasteiger partial charge in [0.15, 0.2) is 12.4 Å². The average Bonchev–Trinajstić information content (AvgIpc) is 3.18. The smallest absolute Gasteiger partial charge is 0.419 e. The second-order valence-corrected chi connectivity index (χ2v) is 9.69. The maximum absolute atomic E-state index is 15.1. The number of benzene rings is 2. The van der Waals surface area contributed by atoms with Gasteiger partial charge in [-0.1, -0.05) is 37.3 Å². The van der Waals surface area contributed by atoms with Gasteiger partial charge in [-0.3, -0.25) is 19.1 Å². The summed E-state index contributed by atoms with van der Waals surface area (Å²) in [6, 6.07) is 9.64. The number of aliphatic hydroxyl groups is 1. The van der Waals surface area contributed by atoms with Crippen LogP contribution in [0.1, 0.15) is 41.3 Å². The van der Waals surface area contributed by atoms with Crippen LogP contribution in [-0.4, -0.2) is 57.4 Å². The van der Waals surface area contributed by atoms with E-state index in [4.69, 9.17) is 9.47 Å². The number of alkyl halides is 4. The van der Waals surface area contributed by atoms with Crippen molar-refractivity contribution < 1.29 is 36.9 Å². The van der Waals surface area contributed by atoms with Gasteiger partial charge in [-0.2, -0.15) is 13.2 Å². The monoisotopic (exact) mass is 563 g/mol. The molecular formula is C27H25F4N3O6. The minimum absolute atomic E-state index is 0.00592. The average molecular weight is 564 g/mol. The van der Waals surface area contributed by atoms with E-state index in [2.05, 4.69) is 4.98 Å². The molecule has 1 fully saturated rings. The quantitative estimate of drug-likeness (QED) is 0.462. The molecule has 2 aliphatic rings. The number of hydrogen-bond acceptors (Lipinski definition) is 6. The Labute approximate surface area is 224 Å². The van der Waals surface area contributed by atoms with Crippen LogP contribution in [0, 0.1) is 0 Å². The number of hydrogen-bond donors (Lipinski definition) is 2. The molecule has 212 valence electrons. The Bertz CT molecular complexity index is 1570. The number of H-pyrrole nitrogens is 1. The zero-order chi connectivity index (χ0) is 28.9. The first-order chi connectivity index (χ1) is 18.9. The molecule has 5 atom stereocenters. The zero-order valence-corrected chi connectivity index (χ0v) is 21.3. The SMILES string of the molecule is CCc1cn([C@@H]2O[C@H](CN(C)C(=O)[C@H]3c4ccccc4Oc4c3cccc4C(F)(F)F)[C@@H](O)[C@H]2F)c(=O)[nH]c1=O. The maximum Gasteiger partial charge on any atom is 0.419 e. The topological polar surface area (TPSA) is 114 Å². The number of ether oxygens (including phenoxy) is 2. The van der Waals surface area contributed by atoms with Crippen LogP contribution >= 0.6 is 0 Å². The van der Waals surface area contributed by atoms with Crippen molar-refractivity contribution in [1.82, 2.24) is 14.5 Å². The molecule has 0 aliphatic carbocycles. The van der Waals surface area contributed by atoms with E-state index in [0.29, 0.717) is 5.56 Å². The Hall–Kier alpha value is -3.97. The maximum atomic E-state index is 15.1. The van der Waals surface area contributed by atoms with Crippen LogP contribution in [0.25, 0.3) is 0 Å². The molecule has 5 rings (SSSR count). The number of nitrogens with one attached hydrogen (secondary N) is 1. The molecule has 1 aromatic heterocycles. The lowest BCUT2D eigenvalue weighted by Crippen LogP contribution is -2.42. The molecule has 0 unspecified atom stereocenters. The standard InChI is InChI=1S/C27H25F4N3O6/c1-3-13-11-34(26(38)32-23(13)36)25-20(28)21(35)18(40-25)12-33(2)24(37)19-14-7-4-5-10-17(14)39-22-15(19)8-6-9-16(22)27(29,30)31/h4-11,18-21,25,35H,3,12H2,1-2H3,(H,32,36,38)/t18-,19+,20-,21-,25-/m1/s1. The number of nitrogens with zero attached hydrogens (tertiary/aromatic N) is 2. The number of likely N-dealkylation sites (N-methyl/N-ethyl adjacent to an activating group) is 1. The van der Waals surface area contributed by atoms with Gasteiger partial charge in [-0.25, -0.2) is 9.18 Å². The highest BCUT2D eigenvalue weighted by molar-refractivity contribution is 5.90. The number of aromatic amines is 1. The van der Waals surface area contributed by atoms with Gasteiger partial charge in [0.25, 0.3) is 5.56 Å². The molecule has 2 N–H and O–H groups in total. The highest BCUT2D eigenvalue weighted by atomic mass is 19.4. The normalized spacial score (nSPS) is 23.7. The van der Waals surface area contributed by atoms with Gasteiger partial charge >= 0.3 is 11.9 Å². The van der Waals surface area contributed by atoms with Crippen molar-refractivity contribution in [2.24, 2.45) is 0 Å². The first-order valence-corrected chi connectivity index (χ1v) is 12.5. The number of carbonyl (C=O) groups excluding carboxylic acids is 1. The summed E-state index contributed by atoms with van der Waals surface area (Å²) in [5, 5.41) is 10.6. The van der Waals surface area contributed by atoms with E-state index in [0.717, 1.165) is 21.7 Å². The molecule has 0 radical (unpaired) electrons. The minimum atomic E-state index is -4.73. The van der Waals surface area contributed by atoms with E-state index in [1.807, 2.05) is 0 Å². The number of aromatic nitrogens is 2. The molecule has 0 saturated carbocycles. The minimum Gasteiger partial charge on any atom is -0.456 e. The number of carbonyl (C=O) groups is 1. The number of aliphatic hydroxyl groups excluding tert-OH is 1. The lowest BCUT2D eigenvalue weighted by molar-refractivity contribution is -0.139. The largest absolute Gasteiger partial charge is 0.456 e. The molecule has 2 aliphatic heterocycles. The molecule has 9 nitrogen and oxygen atoms in total. The number of amides is 1. The predicted octanol–water partition coefficient (Wildman–Crippen LogP) is 3.11. The highest BCUT2D eigenvalue weighted by Gasteiger charge is 2.47. The van der Waals surface area contributed by atoms with Crippen molar-refractivity contribution in [3.8, 4) is 11.5 Å². The first-order valence-electron chi connectivity index (χ1n) is 12.5. The summed E-state index contributed by atoms with van der Waals surface area (Å²) >= 11 is 0. The van der Waals surface area contributed by atoms with Crippen molar-refractivity contribution in [2.75, 3.05) is 13.6 Å². The second-order valence-electron chi connectivity index (χ2n) is 9.69. The zero-order valence-electron chi connectivity index (χ0n) is 21.3. The van der Waals surface area contributed by atoms with E-state index >= 15 is 4.39 Å². The highest BCUT2D eigenvalue weighted by Crippen LogP contribution is 2.49. The lowest BCUT2D eigenvalue weighted by Gasteiger charge is -2.32. The molecule has 2 aromatic carbocycles. The van der Waals surface area contributed by atoms with E-state index in [-0.39, 0.29) is 29.8 Å². The van der Waals surface area contributed by atoms with E-state index in [1.165, 1.54) is 25.2 Å². The van der Waals surface area contributed by atoms with E-state index in [1.54, 1.807) is 25.1 Å². The van der Waals surface area contributed by atoms with E-state index in [9.17, 15) is 32.7 Å². The van der Waals surface area contributed by atoms with Gasteiger partial charge in [0, 0.05) is 36.5 Å². The van der Waals surface area contributed by atoms with Crippen LogP contribution in [0.2, 0.25) is 0 Å². The number of fused-ring (bicyclic) bond motifs is 2. The van der Waals surface area contributed by atoms with Crippen LogP contribution in [0.15, 0.2) is 58.3 Å². The summed E-state index contributed by atoms with van der Waals surface area (Å²) in [5.74, 6) is -2.22. The molecule has 0 spiro atoms. The summed E-state index contributed by atoms with van der Waals surface area (Å²) in [6.45, 7) is 1.33. The van der Waals surface area contributed by atoms with Crippen LogP contribution in [-0.2, 0) is 22.1 Å². The van der Waals surface area contributed by atoms with Gasteiger partial charge in [0.1, 0.15) is 23.7 Å². The van der Waals surface area contributed by atoms with Crippen LogP contribution in [0.3, 0.4) is 0 Å².